The molecule has 0 spiro atoms. The van der Waals surface area contributed by atoms with Gasteiger partial charge in [0.15, 0.2) is 0 Å². The Morgan fingerprint density at radius 3 is 2.61 bits per heavy atom. The number of aliphatic hydroxyl groups is 1. The summed E-state index contributed by atoms with van der Waals surface area (Å²) in [5, 5.41) is 12.4. The van der Waals surface area contributed by atoms with Crippen LogP contribution < -0.4 is 17.7 Å². The highest BCUT2D eigenvalue weighted by atomic mass is 35.5. The predicted octanol–water partition coefficient (Wildman–Crippen LogP) is -1.87. The van der Waals surface area contributed by atoms with Crippen molar-refractivity contribution >= 4 is 0 Å². The molecule has 2 nitrogen and oxygen atoms in total. The quantitative estimate of drug-likeness (QED) is 0.660. The van der Waals surface area contributed by atoms with Crippen molar-refractivity contribution in [3.05, 3.63) is 35.4 Å². The van der Waals surface area contributed by atoms with E-state index >= 15 is 0 Å². The molecule has 1 aromatic rings. The largest absolute Gasteiger partial charge is 1.00 e. The minimum Gasteiger partial charge on any atom is -1.00 e. The van der Waals surface area contributed by atoms with Crippen molar-refractivity contribution in [2.45, 2.75) is 45.3 Å². The van der Waals surface area contributed by atoms with Gasteiger partial charge in [-0.05, 0) is 50.2 Å². The second kappa shape index (κ2) is 7.13. The summed E-state index contributed by atoms with van der Waals surface area (Å²) in [5.41, 5.74) is 2.91. The number of hydrogen-bond acceptors (Lipinski definition) is 1. The van der Waals surface area contributed by atoms with Gasteiger partial charge in [-0.15, -0.1) is 0 Å². The van der Waals surface area contributed by atoms with E-state index in [1.807, 2.05) is 0 Å². The number of nitrogens with two attached hydrogens (primary N) is 1. The summed E-state index contributed by atoms with van der Waals surface area (Å²) in [7, 11) is 0. The van der Waals surface area contributed by atoms with Crippen LogP contribution in [0.4, 0.5) is 0 Å². The molecule has 0 aliphatic heterocycles. The Morgan fingerprint density at radius 2 is 1.94 bits per heavy atom. The van der Waals surface area contributed by atoms with E-state index < -0.39 is 0 Å². The molecule has 1 aliphatic carbocycles. The highest BCUT2D eigenvalue weighted by Gasteiger charge is 2.25. The van der Waals surface area contributed by atoms with E-state index in [0.29, 0.717) is 12.0 Å². The Labute approximate surface area is 116 Å². The van der Waals surface area contributed by atoms with Crippen LogP contribution in [0.2, 0.25) is 0 Å². The summed E-state index contributed by atoms with van der Waals surface area (Å²) in [6, 6.07) is 9.22. The number of hydrogen-bond donors (Lipinski definition) is 2. The lowest BCUT2D eigenvalue weighted by atomic mass is 9.81. The highest BCUT2D eigenvalue weighted by molar-refractivity contribution is 5.29. The Morgan fingerprint density at radius 1 is 1.28 bits per heavy atom. The van der Waals surface area contributed by atoms with Gasteiger partial charge in [-0.2, -0.15) is 0 Å². The van der Waals surface area contributed by atoms with Crippen molar-refractivity contribution in [3.8, 4) is 0 Å². The summed E-state index contributed by atoms with van der Waals surface area (Å²) in [4.78, 5) is 0. The average molecular weight is 270 g/mol. The first kappa shape index (κ1) is 15.5. The van der Waals surface area contributed by atoms with Crippen molar-refractivity contribution in [2.24, 2.45) is 5.92 Å². The third kappa shape index (κ3) is 3.98. The Balaban J connectivity index is 0.00000162. The molecule has 0 fully saturated rings. The van der Waals surface area contributed by atoms with E-state index in [0.717, 1.165) is 25.8 Å². The van der Waals surface area contributed by atoms with Gasteiger partial charge in [-0.25, -0.2) is 0 Å². The molecule has 0 heterocycles. The average Bonchev–Trinajstić information content (AvgIpc) is 2.35. The van der Waals surface area contributed by atoms with Crippen LogP contribution in [0.3, 0.4) is 0 Å². The maximum absolute atomic E-state index is 10.2. The Hall–Kier alpha value is -0.570. The molecule has 1 aromatic carbocycles. The molecular weight excluding hydrogens is 246 g/mol. The Kier molecular flexibility index (Phi) is 6.13. The van der Waals surface area contributed by atoms with E-state index in [9.17, 15) is 5.11 Å². The first-order valence-corrected chi connectivity index (χ1v) is 6.75. The van der Waals surface area contributed by atoms with Gasteiger partial charge in [0.2, 0.25) is 0 Å². The summed E-state index contributed by atoms with van der Waals surface area (Å²) in [6.07, 6.45) is 3.14. The molecule has 0 aromatic heterocycles. The van der Waals surface area contributed by atoms with Gasteiger partial charge < -0.3 is 22.8 Å². The first-order chi connectivity index (χ1) is 8.16. The van der Waals surface area contributed by atoms with E-state index in [4.69, 9.17) is 0 Å². The van der Waals surface area contributed by atoms with Gasteiger partial charge in [0, 0.05) is 0 Å². The van der Waals surface area contributed by atoms with Crippen LogP contribution in [-0.2, 0) is 12.8 Å². The minimum atomic E-state index is -0.161. The normalized spacial score (nSPS) is 20.1. The number of quaternary nitrogens is 1. The molecule has 0 saturated carbocycles. The molecule has 2 atom stereocenters. The summed E-state index contributed by atoms with van der Waals surface area (Å²) >= 11 is 0. The zero-order valence-corrected chi connectivity index (χ0v) is 12.0. The molecule has 0 bridgehead atoms. The van der Waals surface area contributed by atoms with Gasteiger partial charge in [-0.3, -0.25) is 0 Å². The topological polar surface area (TPSA) is 36.8 Å². The second-order valence-corrected chi connectivity index (χ2v) is 5.55. The SMILES string of the molecule is CC(C)[NH2+]CC(O)C1CCc2ccccc2C1.[Cl-]. The number of benzene rings is 1. The summed E-state index contributed by atoms with van der Waals surface area (Å²) in [5.74, 6) is 0.444. The molecule has 3 heteroatoms. The van der Waals surface area contributed by atoms with Crippen LogP contribution in [0.15, 0.2) is 24.3 Å². The zero-order chi connectivity index (χ0) is 12.3. The fourth-order valence-corrected chi connectivity index (χ4v) is 2.66. The van der Waals surface area contributed by atoms with E-state index in [1.165, 1.54) is 11.1 Å². The van der Waals surface area contributed by atoms with Crippen LogP contribution in [0.5, 0.6) is 0 Å². The molecule has 2 rings (SSSR count). The zero-order valence-electron chi connectivity index (χ0n) is 11.3. The molecule has 102 valence electrons. The van der Waals surface area contributed by atoms with Crippen molar-refractivity contribution in [3.63, 3.8) is 0 Å². The molecule has 1 aliphatic rings. The van der Waals surface area contributed by atoms with Crippen LogP contribution in [0.1, 0.15) is 31.4 Å². The number of rotatable bonds is 4. The van der Waals surface area contributed by atoms with Gasteiger partial charge in [-0.1, -0.05) is 24.3 Å². The predicted molar refractivity (Wildman–Crippen MR) is 69.9 cm³/mol. The molecule has 18 heavy (non-hydrogen) atoms. The van der Waals surface area contributed by atoms with E-state index in [2.05, 4.69) is 43.4 Å². The second-order valence-electron chi connectivity index (χ2n) is 5.55. The fraction of sp³-hybridized carbons (Fsp3) is 0.600. The van der Waals surface area contributed by atoms with Crippen molar-refractivity contribution in [1.29, 1.82) is 0 Å². The lowest BCUT2D eigenvalue weighted by Crippen LogP contribution is -3.00. The van der Waals surface area contributed by atoms with Gasteiger partial charge in [0.25, 0.3) is 0 Å². The van der Waals surface area contributed by atoms with E-state index in [-0.39, 0.29) is 18.5 Å². The smallest absolute Gasteiger partial charge is 0.106 e. The van der Waals surface area contributed by atoms with Gasteiger partial charge in [0.1, 0.15) is 12.6 Å². The van der Waals surface area contributed by atoms with Crippen molar-refractivity contribution < 1.29 is 22.8 Å². The van der Waals surface area contributed by atoms with Gasteiger partial charge >= 0.3 is 0 Å². The van der Waals surface area contributed by atoms with Gasteiger partial charge in [0.05, 0.1) is 6.04 Å². The monoisotopic (exact) mass is 269 g/mol. The standard InChI is InChI=1S/C15H23NO.ClH/c1-11(2)16-10-15(17)14-8-7-12-5-3-4-6-13(12)9-14;/h3-6,11,14-17H,7-10H2,1-2H3;1H. The van der Waals surface area contributed by atoms with Crippen molar-refractivity contribution in [1.82, 2.24) is 0 Å². The lowest BCUT2D eigenvalue weighted by molar-refractivity contribution is -0.689. The Bertz CT molecular complexity index is 367. The van der Waals surface area contributed by atoms with Crippen LogP contribution in [-0.4, -0.2) is 23.8 Å². The number of halogens is 1. The number of fused-ring (bicyclic) bond motifs is 1. The fourth-order valence-electron chi connectivity index (χ4n) is 2.66. The molecule has 2 unspecified atom stereocenters. The molecule has 0 radical (unpaired) electrons. The van der Waals surface area contributed by atoms with Crippen LogP contribution in [0, 0.1) is 5.92 Å². The minimum absolute atomic E-state index is 0. The van der Waals surface area contributed by atoms with E-state index in [1.54, 1.807) is 0 Å². The first-order valence-electron chi connectivity index (χ1n) is 6.75. The number of aliphatic hydroxyl groups excluding tert-OH is 1. The highest BCUT2D eigenvalue weighted by Crippen LogP contribution is 2.27. The number of aryl methyl sites for hydroxylation is 1. The lowest BCUT2D eigenvalue weighted by Gasteiger charge is -2.28. The molecule has 3 N–H and O–H groups in total. The maximum atomic E-state index is 10.2. The summed E-state index contributed by atoms with van der Waals surface area (Å²) < 4.78 is 0. The summed E-state index contributed by atoms with van der Waals surface area (Å²) in [6.45, 7) is 5.18. The van der Waals surface area contributed by atoms with Crippen LogP contribution >= 0.6 is 0 Å². The molecule has 0 saturated heterocycles. The van der Waals surface area contributed by atoms with Crippen LogP contribution in [0.25, 0.3) is 0 Å². The third-order valence-corrected chi connectivity index (χ3v) is 3.78. The third-order valence-electron chi connectivity index (χ3n) is 3.78. The molecular formula is C15H24ClNO. The van der Waals surface area contributed by atoms with Crippen molar-refractivity contribution in [2.75, 3.05) is 6.54 Å². The maximum Gasteiger partial charge on any atom is 0.106 e. The molecule has 0 amide bonds.